The van der Waals surface area contributed by atoms with Crippen LogP contribution >= 0.6 is 11.3 Å². The van der Waals surface area contributed by atoms with Crippen molar-refractivity contribution in [2.24, 2.45) is 11.8 Å². The summed E-state index contributed by atoms with van der Waals surface area (Å²) in [5.74, 6) is -2.39. The summed E-state index contributed by atoms with van der Waals surface area (Å²) >= 11 is 1.64. The maximum Gasteiger partial charge on any atom is 0.307 e. The van der Waals surface area contributed by atoms with Gasteiger partial charge in [-0.2, -0.15) is 0 Å². The molecule has 0 radical (unpaired) electrons. The highest BCUT2D eigenvalue weighted by Crippen LogP contribution is 2.32. The molecule has 0 fully saturated rings. The summed E-state index contributed by atoms with van der Waals surface area (Å²) in [6, 6.07) is 13.7. The van der Waals surface area contributed by atoms with Gasteiger partial charge in [0.05, 0.1) is 22.1 Å². The molecule has 0 saturated carbocycles. The van der Waals surface area contributed by atoms with Crippen molar-refractivity contribution in [3.63, 3.8) is 0 Å². The molecule has 0 saturated heterocycles. The first kappa shape index (κ1) is 18.4. The number of hydrogen-bond donors (Lipinski definition) is 2. The van der Waals surface area contributed by atoms with Crippen molar-refractivity contribution in [1.29, 1.82) is 0 Å². The molecular formula is C22H20N2O3S. The molecule has 0 aliphatic heterocycles. The lowest BCUT2D eigenvalue weighted by Gasteiger charge is -2.24. The average Bonchev–Trinajstić information content (AvgIpc) is 3.11. The SMILES string of the molecule is Cc1ccc2nc(-c3ccc(NC(=O)C4CC=CCC4C(=O)O)cc3)sc2c1. The van der Waals surface area contributed by atoms with Gasteiger partial charge in [-0.1, -0.05) is 18.2 Å². The number of benzene rings is 2. The van der Waals surface area contributed by atoms with Gasteiger partial charge in [0.2, 0.25) is 5.91 Å². The Balaban J connectivity index is 1.50. The minimum atomic E-state index is -0.925. The largest absolute Gasteiger partial charge is 0.481 e. The van der Waals surface area contributed by atoms with Crippen molar-refractivity contribution in [2.45, 2.75) is 19.8 Å². The van der Waals surface area contributed by atoms with Crippen LogP contribution in [0.1, 0.15) is 18.4 Å². The van der Waals surface area contributed by atoms with Crippen molar-refractivity contribution in [3.8, 4) is 10.6 Å². The molecule has 1 heterocycles. The molecule has 0 bridgehead atoms. The van der Waals surface area contributed by atoms with Crippen molar-refractivity contribution in [3.05, 3.63) is 60.2 Å². The number of nitrogens with zero attached hydrogens (tertiary/aromatic N) is 1. The number of thiazole rings is 1. The van der Waals surface area contributed by atoms with E-state index in [-0.39, 0.29) is 5.91 Å². The van der Waals surface area contributed by atoms with Gasteiger partial charge in [-0.3, -0.25) is 9.59 Å². The Morgan fingerprint density at radius 3 is 2.50 bits per heavy atom. The molecular weight excluding hydrogens is 372 g/mol. The van der Waals surface area contributed by atoms with Crippen molar-refractivity contribution >= 4 is 39.1 Å². The van der Waals surface area contributed by atoms with Gasteiger partial charge in [-0.05, 0) is 61.7 Å². The molecule has 1 aromatic heterocycles. The quantitative estimate of drug-likeness (QED) is 0.621. The van der Waals surface area contributed by atoms with E-state index in [2.05, 4.69) is 29.4 Å². The van der Waals surface area contributed by atoms with E-state index >= 15 is 0 Å². The predicted octanol–water partition coefficient (Wildman–Crippen LogP) is 4.88. The fourth-order valence-electron chi connectivity index (χ4n) is 3.46. The Kier molecular flexibility index (Phi) is 4.96. The zero-order valence-electron chi connectivity index (χ0n) is 15.4. The van der Waals surface area contributed by atoms with E-state index < -0.39 is 17.8 Å². The predicted molar refractivity (Wildman–Crippen MR) is 111 cm³/mol. The lowest BCUT2D eigenvalue weighted by atomic mass is 9.82. The van der Waals surface area contributed by atoms with Crippen LogP contribution in [0.4, 0.5) is 5.69 Å². The average molecular weight is 392 g/mol. The van der Waals surface area contributed by atoms with Crippen LogP contribution in [0.25, 0.3) is 20.8 Å². The van der Waals surface area contributed by atoms with Gasteiger partial charge in [0.25, 0.3) is 0 Å². The lowest BCUT2D eigenvalue weighted by molar-refractivity contribution is -0.146. The van der Waals surface area contributed by atoms with Crippen molar-refractivity contribution < 1.29 is 14.7 Å². The number of allylic oxidation sites excluding steroid dienone is 2. The fourth-order valence-corrected chi connectivity index (χ4v) is 4.53. The second-order valence-corrected chi connectivity index (χ2v) is 8.08. The zero-order valence-corrected chi connectivity index (χ0v) is 16.2. The Labute approximate surface area is 166 Å². The van der Waals surface area contributed by atoms with Crippen LogP contribution in [0.15, 0.2) is 54.6 Å². The highest BCUT2D eigenvalue weighted by molar-refractivity contribution is 7.21. The summed E-state index contributed by atoms with van der Waals surface area (Å²) in [6.45, 7) is 2.06. The highest BCUT2D eigenvalue weighted by Gasteiger charge is 2.33. The van der Waals surface area contributed by atoms with Gasteiger partial charge in [-0.15, -0.1) is 11.3 Å². The van der Waals surface area contributed by atoms with E-state index in [9.17, 15) is 14.7 Å². The summed E-state index contributed by atoms with van der Waals surface area (Å²) in [4.78, 5) is 28.6. The third-order valence-electron chi connectivity index (χ3n) is 5.03. The smallest absolute Gasteiger partial charge is 0.307 e. The Hall–Kier alpha value is -2.99. The molecule has 5 nitrogen and oxygen atoms in total. The number of carbonyl (C=O) groups excluding carboxylic acids is 1. The minimum absolute atomic E-state index is 0.250. The molecule has 1 amide bonds. The van der Waals surface area contributed by atoms with Crippen LogP contribution < -0.4 is 5.32 Å². The second kappa shape index (κ2) is 7.56. The van der Waals surface area contributed by atoms with Crippen LogP contribution in [0, 0.1) is 18.8 Å². The van der Waals surface area contributed by atoms with Crippen LogP contribution in [-0.4, -0.2) is 22.0 Å². The number of carboxylic acid groups (broad SMARTS) is 1. The topological polar surface area (TPSA) is 79.3 Å². The number of nitrogens with one attached hydrogen (secondary N) is 1. The maximum absolute atomic E-state index is 12.6. The number of amides is 1. The first-order valence-electron chi connectivity index (χ1n) is 9.17. The summed E-state index contributed by atoms with van der Waals surface area (Å²) in [6.07, 6.45) is 4.55. The van der Waals surface area contributed by atoms with Gasteiger partial charge in [0.1, 0.15) is 5.01 Å². The number of aliphatic carboxylic acids is 1. The third kappa shape index (κ3) is 3.68. The van der Waals surface area contributed by atoms with E-state index in [0.29, 0.717) is 18.5 Å². The number of carboxylic acids is 1. The molecule has 2 unspecified atom stereocenters. The molecule has 142 valence electrons. The number of aryl methyl sites for hydroxylation is 1. The van der Waals surface area contributed by atoms with E-state index in [0.717, 1.165) is 20.8 Å². The third-order valence-corrected chi connectivity index (χ3v) is 6.10. The van der Waals surface area contributed by atoms with Crippen molar-refractivity contribution in [1.82, 2.24) is 4.98 Å². The zero-order chi connectivity index (χ0) is 19.7. The standard InChI is InChI=1S/C22H20N2O3S/c1-13-6-11-18-19(12-13)28-21(24-18)14-7-9-15(10-8-14)23-20(25)16-4-2-3-5-17(16)22(26)27/h2-3,6-12,16-17H,4-5H2,1H3,(H,23,25)(H,26,27). The maximum atomic E-state index is 12.6. The Bertz CT molecular complexity index is 1070. The lowest BCUT2D eigenvalue weighted by Crippen LogP contribution is -2.34. The number of anilines is 1. The highest BCUT2D eigenvalue weighted by atomic mass is 32.1. The summed E-state index contributed by atoms with van der Waals surface area (Å²) in [5.41, 5.74) is 3.83. The molecule has 28 heavy (non-hydrogen) atoms. The van der Waals surface area contributed by atoms with Crippen LogP contribution in [0.5, 0.6) is 0 Å². The first-order chi connectivity index (χ1) is 13.5. The molecule has 2 atom stereocenters. The minimum Gasteiger partial charge on any atom is -0.481 e. The van der Waals surface area contributed by atoms with E-state index in [4.69, 9.17) is 0 Å². The number of aromatic nitrogens is 1. The molecule has 1 aliphatic rings. The van der Waals surface area contributed by atoms with E-state index in [1.54, 1.807) is 11.3 Å². The molecule has 2 N–H and O–H groups in total. The molecule has 2 aromatic carbocycles. The Morgan fingerprint density at radius 2 is 1.79 bits per heavy atom. The number of rotatable bonds is 4. The normalized spacial score (nSPS) is 18.9. The molecule has 3 aromatic rings. The summed E-state index contributed by atoms with van der Waals surface area (Å²) < 4.78 is 1.15. The van der Waals surface area contributed by atoms with Crippen LogP contribution in [-0.2, 0) is 9.59 Å². The van der Waals surface area contributed by atoms with E-state index in [1.807, 2.05) is 42.5 Å². The van der Waals surface area contributed by atoms with Crippen molar-refractivity contribution in [2.75, 3.05) is 5.32 Å². The molecule has 6 heteroatoms. The number of carbonyl (C=O) groups is 2. The molecule has 4 rings (SSSR count). The summed E-state index contributed by atoms with van der Waals surface area (Å²) in [5, 5.41) is 13.1. The monoisotopic (exact) mass is 392 g/mol. The van der Waals surface area contributed by atoms with Gasteiger partial charge in [0, 0.05) is 11.3 Å². The van der Waals surface area contributed by atoms with Gasteiger partial charge < -0.3 is 10.4 Å². The second-order valence-electron chi connectivity index (χ2n) is 7.05. The number of fused-ring (bicyclic) bond motifs is 1. The van der Waals surface area contributed by atoms with Crippen LogP contribution in [0.3, 0.4) is 0 Å². The van der Waals surface area contributed by atoms with Gasteiger partial charge >= 0.3 is 5.97 Å². The Morgan fingerprint density at radius 1 is 1.07 bits per heavy atom. The molecule has 1 aliphatic carbocycles. The molecule has 0 spiro atoms. The summed E-state index contributed by atoms with van der Waals surface area (Å²) in [7, 11) is 0. The van der Waals surface area contributed by atoms with Gasteiger partial charge in [-0.25, -0.2) is 4.98 Å². The van der Waals surface area contributed by atoms with E-state index in [1.165, 1.54) is 5.56 Å². The first-order valence-corrected chi connectivity index (χ1v) is 9.99. The van der Waals surface area contributed by atoms with Gasteiger partial charge in [0.15, 0.2) is 0 Å². The number of hydrogen-bond acceptors (Lipinski definition) is 4. The fraction of sp³-hybridized carbons (Fsp3) is 0.227. The van der Waals surface area contributed by atoms with Crippen LogP contribution in [0.2, 0.25) is 0 Å².